The van der Waals surface area contributed by atoms with E-state index in [1.54, 1.807) is 11.4 Å². The van der Waals surface area contributed by atoms with Crippen LogP contribution in [0.5, 0.6) is 0 Å². The maximum absolute atomic E-state index is 11.4. The molecule has 2 heterocycles. The van der Waals surface area contributed by atoms with Crippen LogP contribution in [0.15, 0.2) is 11.4 Å². The van der Waals surface area contributed by atoms with Crippen molar-refractivity contribution in [1.82, 2.24) is 4.98 Å². The summed E-state index contributed by atoms with van der Waals surface area (Å²) in [6, 6.07) is 1.54. The third-order valence-electron chi connectivity index (χ3n) is 1.85. The van der Waals surface area contributed by atoms with Gasteiger partial charge >= 0.3 is 5.97 Å². The molecule has 0 aliphatic rings. The second-order valence-electron chi connectivity index (χ2n) is 2.75. The lowest BCUT2D eigenvalue weighted by Gasteiger charge is -1.98. The predicted octanol–water partition coefficient (Wildman–Crippen LogP) is 3.39. The van der Waals surface area contributed by atoms with E-state index >= 15 is 0 Å². The normalized spacial score (nSPS) is 10.6. The molecular weight excluding hydrogens is 257 g/mol. The van der Waals surface area contributed by atoms with Gasteiger partial charge in [-0.3, -0.25) is 0 Å². The van der Waals surface area contributed by atoms with Crippen LogP contribution in [0.25, 0.3) is 10.2 Å². The second kappa shape index (κ2) is 3.96. The van der Waals surface area contributed by atoms with E-state index in [-0.39, 0.29) is 5.15 Å². The SMILES string of the molecule is COC(=O)c1csc2c(Cl)cc(Cl)nc12. The van der Waals surface area contributed by atoms with Crippen molar-refractivity contribution >= 4 is 50.7 Å². The number of aromatic nitrogens is 1. The molecule has 0 N–H and O–H groups in total. The number of hydrogen-bond donors (Lipinski definition) is 0. The molecule has 0 amide bonds. The first-order chi connectivity index (χ1) is 7.13. The molecule has 2 aromatic rings. The molecule has 0 saturated carbocycles. The number of rotatable bonds is 1. The van der Waals surface area contributed by atoms with Gasteiger partial charge in [-0.15, -0.1) is 11.3 Å². The minimum Gasteiger partial charge on any atom is -0.465 e. The number of carbonyl (C=O) groups is 1. The van der Waals surface area contributed by atoms with Crippen LogP contribution in [0.2, 0.25) is 10.2 Å². The number of ether oxygens (including phenoxy) is 1. The second-order valence-corrected chi connectivity index (χ2v) is 4.42. The highest BCUT2D eigenvalue weighted by Gasteiger charge is 2.16. The maximum Gasteiger partial charge on any atom is 0.340 e. The van der Waals surface area contributed by atoms with E-state index in [4.69, 9.17) is 23.2 Å². The molecular formula is C9H5Cl2NO2S. The quantitative estimate of drug-likeness (QED) is 0.584. The van der Waals surface area contributed by atoms with E-state index in [0.29, 0.717) is 16.1 Å². The lowest BCUT2D eigenvalue weighted by molar-refractivity contribution is 0.0603. The Labute approximate surface area is 99.6 Å². The topological polar surface area (TPSA) is 39.2 Å². The monoisotopic (exact) mass is 261 g/mol. The zero-order valence-electron chi connectivity index (χ0n) is 7.58. The fourth-order valence-corrected chi connectivity index (χ4v) is 2.65. The van der Waals surface area contributed by atoms with Crippen molar-refractivity contribution < 1.29 is 9.53 Å². The zero-order chi connectivity index (χ0) is 11.0. The van der Waals surface area contributed by atoms with Crippen molar-refractivity contribution in [3.8, 4) is 0 Å². The lowest BCUT2D eigenvalue weighted by atomic mass is 10.3. The van der Waals surface area contributed by atoms with Crippen LogP contribution in [0, 0.1) is 0 Å². The molecule has 0 bridgehead atoms. The van der Waals surface area contributed by atoms with Gasteiger partial charge in [-0.2, -0.15) is 0 Å². The first kappa shape index (κ1) is 10.7. The molecule has 0 unspecified atom stereocenters. The molecule has 15 heavy (non-hydrogen) atoms. The van der Waals surface area contributed by atoms with E-state index in [0.717, 1.165) is 4.70 Å². The van der Waals surface area contributed by atoms with Gasteiger partial charge in [-0.05, 0) is 6.07 Å². The number of thiophene rings is 1. The van der Waals surface area contributed by atoms with Crippen LogP contribution in [0.4, 0.5) is 0 Å². The molecule has 0 spiro atoms. The third-order valence-corrected chi connectivity index (χ3v) is 3.46. The van der Waals surface area contributed by atoms with E-state index in [1.165, 1.54) is 18.4 Å². The molecule has 0 atom stereocenters. The predicted molar refractivity (Wildman–Crippen MR) is 61.0 cm³/mol. The Hall–Kier alpha value is -0.840. The van der Waals surface area contributed by atoms with Crippen LogP contribution < -0.4 is 0 Å². The van der Waals surface area contributed by atoms with Gasteiger partial charge < -0.3 is 4.74 Å². The molecule has 2 rings (SSSR count). The van der Waals surface area contributed by atoms with Crippen molar-refractivity contribution in [2.24, 2.45) is 0 Å². The molecule has 0 fully saturated rings. The van der Waals surface area contributed by atoms with Gasteiger partial charge in [0.05, 0.1) is 27.9 Å². The van der Waals surface area contributed by atoms with E-state index in [2.05, 4.69) is 9.72 Å². The number of nitrogens with zero attached hydrogens (tertiary/aromatic N) is 1. The van der Waals surface area contributed by atoms with Gasteiger partial charge in [0, 0.05) is 5.38 Å². The Kier molecular flexibility index (Phi) is 2.82. The summed E-state index contributed by atoms with van der Waals surface area (Å²) in [6.07, 6.45) is 0. The van der Waals surface area contributed by atoms with Gasteiger partial charge in [0.15, 0.2) is 0 Å². The molecule has 0 saturated heterocycles. The number of esters is 1. The van der Waals surface area contributed by atoms with Gasteiger partial charge in [-0.25, -0.2) is 9.78 Å². The first-order valence-electron chi connectivity index (χ1n) is 3.95. The summed E-state index contributed by atoms with van der Waals surface area (Å²) in [5, 5.41) is 2.41. The van der Waals surface area contributed by atoms with Crippen LogP contribution in [-0.2, 0) is 4.74 Å². The van der Waals surface area contributed by atoms with Crippen LogP contribution in [0.3, 0.4) is 0 Å². The summed E-state index contributed by atoms with van der Waals surface area (Å²) in [4.78, 5) is 15.4. The molecule has 3 nitrogen and oxygen atoms in total. The average Bonchev–Trinajstić information content (AvgIpc) is 2.60. The summed E-state index contributed by atoms with van der Waals surface area (Å²) >= 11 is 13.1. The Morgan fingerprint density at radius 1 is 1.53 bits per heavy atom. The minimum atomic E-state index is -0.438. The number of pyridine rings is 1. The summed E-state index contributed by atoms with van der Waals surface area (Å²) in [6.45, 7) is 0. The van der Waals surface area contributed by atoms with Crippen LogP contribution in [-0.4, -0.2) is 18.1 Å². The van der Waals surface area contributed by atoms with E-state index in [1.807, 2.05) is 0 Å². The Balaban J connectivity index is 2.74. The fourth-order valence-electron chi connectivity index (χ4n) is 1.20. The van der Waals surface area contributed by atoms with Gasteiger partial charge in [0.25, 0.3) is 0 Å². The number of halogens is 2. The van der Waals surface area contributed by atoms with Gasteiger partial charge in [-0.1, -0.05) is 23.2 Å². The first-order valence-corrected chi connectivity index (χ1v) is 5.58. The van der Waals surface area contributed by atoms with Crippen molar-refractivity contribution in [2.45, 2.75) is 0 Å². The molecule has 0 aliphatic heterocycles. The minimum absolute atomic E-state index is 0.260. The molecule has 2 aromatic heterocycles. The lowest BCUT2D eigenvalue weighted by Crippen LogP contribution is -2.00. The number of carbonyl (C=O) groups excluding carboxylic acids is 1. The summed E-state index contributed by atoms with van der Waals surface area (Å²) in [5.41, 5.74) is 0.881. The van der Waals surface area contributed by atoms with E-state index < -0.39 is 5.97 Å². The molecule has 0 aromatic carbocycles. The Bertz CT molecular complexity index is 538. The Morgan fingerprint density at radius 2 is 2.27 bits per heavy atom. The van der Waals surface area contributed by atoms with E-state index in [9.17, 15) is 4.79 Å². The van der Waals surface area contributed by atoms with Crippen molar-refractivity contribution in [1.29, 1.82) is 0 Å². The number of hydrogen-bond acceptors (Lipinski definition) is 4. The van der Waals surface area contributed by atoms with Gasteiger partial charge in [0.1, 0.15) is 5.15 Å². The zero-order valence-corrected chi connectivity index (χ0v) is 9.91. The molecule has 0 aliphatic carbocycles. The largest absolute Gasteiger partial charge is 0.465 e. The smallest absolute Gasteiger partial charge is 0.340 e. The van der Waals surface area contributed by atoms with Gasteiger partial charge in [0.2, 0.25) is 0 Å². The fraction of sp³-hybridized carbons (Fsp3) is 0.111. The number of fused-ring (bicyclic) bond motifs is 1. The molecule has 6 heteroatoms. The maximum atomic E-state index is 11.4. The third kappa shape index (κ3) is 1.80. The number of methoxy groups -OCH3 is 1. The summed E-state index contributed by atoms with van der Waals surface area (Å²) < 4.78 is 5.36. The van der Waals surface area contributed by atoms with Crippen molar-refractivity contribution in [2.75, 3.05) is 7.11 Å². The van der Waals surface area contributed by atoms with Crippen molar-refractivity contribution in [3.05, 3.63) is 27.2 Å². The highest BCUT2D eigenvalue weighted by Crippen LogP contribution is 2.32. The van der Waals surface area contributed by atoms with Crippen LogP contribution >= 0.6 is 34.5 Å². The highest BCUT2D eigenvalue weighted by atomic mass is 35.5. The standard InChI is InChI=1S/C9H5Cl2NO2S/c1-14-9(13)4-3-15-8-5(10)2-6(11)12-7(4)8/h2-3H,1H3. The molecule has 78 valence electrons. The summed E-state index contributed by atoms with van der Waals surface area (Å²) in [5.74, 6) is -0.438. The van der Waals surface area contributed by atoms with Crippen molar-refractivity contribution in [3.63, 3.8) is 0 Å². The Morgan fingerprint density at radius 3 is 2.93 bits per heavy atom. The summed E-state index contributed by atoms with van der Waals surface area (Å²) in [7, 11) is 1.32. The average molecular weight is 262 g/mol. The molecule has 0 radical (unpaired) electrons. The highest BCUT2D eigenvalue weighted by molar-refractivity contribution is 7.18. The van der Waals surface area contributed by atoms with Crippen LogP contribution in [0.1, 0.15) is 10.4 Å².